The second-order valence-corrected chi connectivity index (χ2v) is 4.51. The lowest BCUT2D eigenvalue weighted by molar-refractivity contribution is 0.400. The molecule has 0 aliphatic carbocycles. The molecule has 6 nitrogen and oxygen atoms in total. The third-order valence-corrected chi connectivity index (χ3v) is 3.16. The third-order valence-electron chi connectivity index (χ3n) is 2.89. The highest BCUT2D eigenvalue weighted by atomic mass is 35.5. The van der Waals surface area contributed by atoms with E-state index >= 15 is 0 Å². The molecule has 0 amide bonds. The molecule has 0 N–H and O–H groups in total. The maximum Gasteiger partial charge on any atom is 0.297 e. The highest BCUT2D eigenvalue weighted by molar-refractivity contribution is 6.30. The number of ether oxygens (including phenoxy) is 2. The lowest BCUT2D eigenvalue weighted by Gasteiger charge is -2.09. The van der Waals surface area contributed by atoms with Crippen LogP contribution in [-0.2, 0) is 6.54 Å². The van der Waals surface area contributed by atoms with Crippen LogP contribution in [0.15, 0.2) is 29.3 Å². The number of rotatable bonds is 4. The maximum atomic E-state index is 12.1. The van der Waals surface area contributed by atoms with Crippen molar-refractivity contribution in [2.45, 2.75) is 6.54 Å². The quantitative estimate of drug-likeness (QED) is 0.805. The number of hydrogen-bond acceptors (Lipinski definition) is 5. The Hall–Kier alpha value is -2.52. The summed E-state index contributed by atoms with van der Waals surface area (Å²) in [6.07, 6.45) is 1.34. The minimum atomic E-state index is -0.383. The Morgan fingerprint density at radius 1 is 1.38 bits per heavy atom. The van der Waals surface area contributed by atoms with Gasteiger partial charge in [-0.2, -0.15) is 5.26 Å². The molecule has 0 bridgehead atoms. The normalized spacial score (nSPS) is 10.0. The summed E-state index contributed by atoms with van der Waals surface area (Å²) in [7, 11) is 2.85. The molecule has 0 saturated heterocycles. The van der Waals surface area contributed by atoms with Crippen LogP contribution in [0.3, 0.4) is 0 Å². The fraction of sp³-hybridized carbons (Fsp3) is 0.214. The molecular weight excluding hydrogens is 294 g/mol. The second-order valence-electron chi connectivity index (χ2n) is 4.15. The van der Waals surface area contributed by atoms with Gasteiger partial charge in [-0.15, -0.1) is 0 Å². The Morgan fingerprint density at radius 2 is 2.14 bits per heavy atom. The molecule has 0 spiro atoms. The van der Waals surface area contributed by atoms with Gasteiger partial charge in [-0.25, -0.2) is 4.98 Å². The van der Waals surface area contributed by atoms with Crippen molar-refractivity contribution in [3.63, 3.8) is 0 Å². The molecule has 1 aromatic carbocycles. The topological polar surface area (TPSA) is 77.1 Å². The minimum absolute atomic E-state index is 0.00631. The Kier molecular flexibility index (Phi) is 4.45. The van der Waals surface area contributed by atoms with Gasteiger partial charge in [0, 0.05) is 0 Å². The summed E-state index contributed by atoms with van der Waals surface area (Å²) >= 11 is 5.78. The van der Waals surface area contributed by atoms with Crippen molar-refractivity contribution >= 4 is 11.6 Å². The van der Waals surface area contributed by atoms with Gasteiger partial charge in [0.25, 0.3) is 5.56 Å². The summed E-state index contributed by atoms with van der Waals surface area (Å²) in [5.74, 6) is 0.480. The van der Waals surface area contributed by atoms with Crippen LogP contribution in [-0.4, -0.2) is 23.8 Å². The summed E-state index contributed by atoms with van der Waals surface area (Å²) in [5, 5.41) is 9.08. The van der Waals surface area contributed by atoms with Crippen molar-refractivity contribution in [3.05, 3.63) is 51.2 Å². The van der Waals surface area contributed by atoms with Gasteiger partial charge in [-0.1, -0.05) is 17.7 Å². The first kappa shape index (κ1) is 14.9. The first-order valence-corrected chi connectivity index (χ1v) is 6.34. The molecule has 0 unspecified atom stereocenters. The number of benzene rings is 1. The first-order valence-electron chi connectivity index (χ1n) is 5.96. The van der Waals surface area contributed by atoms with Gasteiger partial charge in [0.2, 0.25) is 5.75 Å². The fourth-order valence-corrected chi connectivity index (χ4v) is 2.07. The largest absolute Gasteiger partial charge is 0.495 e. The van der Waals surface area contributed by atoms with Crippen molar-refractivity contribution in [2.24, 2.45) is 0 Å². The Balaban J connectivity index is 2.40. The summed E-state index contributed by atoms with van der Waals surface area (Å²) in [4.78, 5) is 16.0. The molecule has 1 aromatic heterocycles. The average molecular weight is 306 g/mol. The molecule has 0 atom stereocenters. The zero-order valence-corrected chi connectivity index (χ0v) is 12.2. The molecule has 0 aliphatic heterocycles. The van der Waals surface area contributed by atoms with Gasteiger partial charge in [-0.3, -0.25) is 9.36 Å². The van der Waals surface area contributed by atoms with Crippen LogP contribution >= 0.6 is 11.6 Å². The van der Waals surface area contributed by atoms with Crippen LogP contribution in [0.1, 0.15) is 11.1 Å². The third kappa shape index (κ3) is 2.98. The number of nitriles is 1. The van der Waals surface area contributed by atoms with Crippen molar-refractivity contribution in [1.82, 2.24) is 9.55 Å². The highest BCUT2D eigenvalue weighted by Crippen LogP contribution is 2.20. The van der Waals surface area contributed by atoms with E-state index in [0.717, 1.165) is 5.56 Å². The molecular formula is C14H12ClN3O3. The predicted molar refractivity (Wildman–Crippen MR) is 76.9 cm³/mol. The Bertz CT molecular complexity index is 765. The van der Waals surface area contributed by atoms with Gasteiger partial charge in [0.05, 0.1) is 32.7 Å². The zero-order chi connectivity index (χ0) is 15.4. The van der Waals surface area contributed by atoms with Crippen LogP contribution in [0.2, 0.25) is 5.15 Å². The van der Waals surface area contributed by atoms with Gasteiger partial charge < -0.3 is 9.47 Å². The number of halogens is 1. The Labute approximate surface area is 126 Å². The van der Waals surface area contributed by atoms with E-state index in [0.29, 0.717) is 11.3 Å². The Morgan fingerprint density at radius 3 is 2.76 bits per heavy atom. The van der Waals surface area contributed by atoms with Gasteiger partial charge >= 0.3 is 0 Å². The number of aromatic nitrogens is 2. The van der Waals surface area contributed by atoms with Gasteiger partial charge in [-0.05, 0) is 17.7 Å². The number of hydrogen-bond donors (Lipinski definition) is 0. The molecule has 0 aliphatic rings. The average Bonchev–Trinajstić information content (AvgIpc) is 2.50. The van der Waals surface area contributed by atoms with E-state index in [-0.39, 0.29) is 23.0 Å². The van der Waals surface area contributed by atoms with E-state index in [1.54, 1.807) is 18.2 Å². The molecule has 21 heavy (non-hydrogen) atoms. The molecule has 1 heterocycles. The molecule has 0 saturated carbocycles. The zero-order valence-electron chi connectivity index (χ0n) is 11.5. The van der Waals surface area contributed by atoms with E-state index in [4.69, 9.17) is 26.3 Å². The molecule has 2 aromatic rings. The highest BCUT2D eigenvalue weighted by Gasteiger charge is 2.11. The van der Waals surface area contributed by atoms with E-state index in [2.05, 4.69) is 4.98 Å². The lowest BCUT2D eigenvalue weighted by atomic mass is 10.1. The molecule has 2 rings (SSSR count). The number of nitrogens with zero attached hydrogens (tertiary/aromatic N) is 3. The fourth-order valence-electron chi connectivity index (χ4n) is 1.87. The summed E-state index contributed by atoms with van der Waals surface area (Å²) in [6, 6.07) is 7.16. The van der Waals surface area contributed by atoms with Crippen LogP contribution in [0.5, 0.6) is 11.5 Å². The predicted octanol–water partition coefficient (Wildman–Crippen LogP) is 1.83. The molecule has 108 valence electrons. The molecule has 7 heteroatoms. The molecule has 0 fully saturated rings. The smallest absolute Gasteiger partial charge is 0.297 e. The van der Waals surface area contributed by atoms with E-state index < -0.39 is 0 Å². The summed E-state index contributed by atoms with van der Waals surface area (Å²) < 4.78 is 11.4. The lowest BCUT2D eigenvalue weighted by Crippen LogP contribution is -2.22. The first-order chi connectivity index (χ1) is 10.1. The van der Waals surface area contributed by atoms with E-state index in [9.17, 15) is 4.79 Å². The SMILES string of the molecule is COc1ccc(Cn2cnc(Cl)c(OC)c2=O)cc1C#N. The van der Waals surface area contributed by atoms with Crippen molar-refractivity contribution in [3.8, 4) is 17.6 Å². The van der Waals surface area contributed by atoms with Crippen LogP contribution in [0.25, 0.3) is 0 Å². The number of methoxy groups -OCH3 is 2. The minimum Gasteiger partial charge on any atom is -0.495 e. The standard InChI is InChI=1S/C14H12ClN3O3/c1-20-11-4-3-9(5-10(11)6-16)7-18-8-17-13(15)12(21-2)14(18)19/h3-5,8H,7H2,1-2H3. The monoisotopic (exact) mass is 305 g/mol. The van der Waals surface area contributed by atoms with E-state index in [1.807, 2.05) is 6.07 Å². The van der Waals surface area contributed by atoms with Crippen molar-refractivity contribution in [2.75, 3.05) is 14.2 Å². The van der Waals surface area contributed by atoms with Crippen LogP contribution < -0.4 is 15.0 Å². The summed E-state index contributed by atoms with van der Waals surface area (Å²) in [6.45, 7) is 0.248. The maximum absolute atomic E-state index is 12.1. The van der Waals surface area contributed by atoms with Gasteiger partial charge in [0.1, 0.15) is 11.8 Å². The molecule has 0 radical (unpaired) electrons. The van der Waals surface area contributed by atoms with Crippen molar-refractivity contribution in [1.29, 1.82) is 5.26 Å². The van der Waals surface area contributed by atoms with Crippen LogP contribution in [0, 0.1) is 11.3 Å². The van der Waals surface area contributed by atoms with Crippen LogP contribution in [0.4, 0.5) is 0 Å². The van der Waals surface area contributed by atoms with Gasteiger partial charge in [0.15, 0.2) is 5.15 Å². The summed E-state index contributed by atoms with van der Waals surface area (Å²) in [5.41, 5.74) is 0.782. The second kappa shape index (κ2) is 6.29. The van der Waals surface area contributed by atoms with E-state index in [1.165, 1.54) is 25.1 Å². The van der Waals surface area contributed by atoms with Crippen molar-refractivity contribution < 1.29 is 9.47 Å².